The zero-order chi connectivity index (χ0) is 11.9. The zero-order valence-corrected chi connectivity index (χ0v) is 10.2. The van der Waals surface area contributed by atoms with E-state index in [1.165, 1.54) is 11.1 Å². The van der Waals surface area contributed by atoms with Crippen molar-refractivity contribution in [3.63, 3.8) is 0 Å². The smallest absolute Gasteiger partial charge is 0.0532 e. The van der Waals surface area contributed by atoms with Gasteiger partial charge in [0.15, 0.2) is 0 Å². The molecule has 0 amide bonds. The molecule has 3 heteroatoms. The number of benzene rings is 1. The largest absolute Gasteiger partial charge is 0.310 e. The summed E-state index contributed by atoms with van der Waals surface area (Å²) in [6, 6.07) is 11.1. The number of nitrogens with zero attached hydrogens (tertiary/aromatic N) is 1. The molecule has 0 saturated heterocycles. The normalized spacial score (nSPS) is 12.5. The Morgan fingerprint density at radius 3 is 2.76 bits per heavy atom. The van der Waals surface area contributed by atoms with Gasteiger partial charge in [0, 0.05) is 24.3 Å². The van der Waals surface area contributed by atoms with Gasteiger partial charge in [-0.25, -0.2) is 0 Å². The molecule has 2 aromatic rings. The van der Waals surface area contributed by atoms with Gasteiger partial charge in [-0.1, -0.05) is 30.3 Å². The lowest BCUT2D eigenvalue weighted by molar-refractivity contribution is 0.514. The topological polar surface area (TPSA) is 40.7 Å². The fourth-order valence-corrected chi connectivity index (χ4v) is 1.80. The number of hydrogen-bond acceptors (Lipinski definition) is 2. The van der Waals surface area contributed by atoms with E-state index >= 15 is 0 Å². The molecular weight excluding hydrogens is 210 g/mol. The third-order valence-electron chi connectivity index (χ3n) is 2.92. The van der Waals surface area contributed by atoms with Crippen LogP contribution in [0.1, 0.15) is 24.5 Å². The SMILES string of the molecule is CC(CCc1ccccc1)NCc1cn[nH]c1. The molecule has 17 heavy (non-hydrogen) atoms. The summed E-state index contributed by atoms with van der Waals surface area (Å²) < 4.78 is 0. The van der Waals surface area contributed by atoms with E-state index in [1.807, 2.05) is 12.4 Å². The van der Waals surface area contributed by atoms with E-state index in [2.05, 4.69) is 52.8 Å². The minimum absolute atomic E-state index is 0.519. The highest BCUT2D eigenvalue weighted by atomic mass is 15.1. The lowest BCUT2D eigenvalue weighted by atomic mass is 10.1. The summed E-state index contributed by atoms with van der Waals surface area (Å²) in [6.45, 7) is 3.11. The van der Waals surface area contributed by atoms with Crippen LogP contribution in [0, 0.1) is 0 Å². The molecule has 90 valence electrons. The zero-order valence-electron chi connectivity index (χ0n) is 10.2. The van der Waals surface area contributed by atoms with Gasteiger partial charge in [-0.2, -0.15) is 5.10 Å². The monoisotopic (exact) mass is 229 g/mol. The van der Waals surface area contributed by atoms with Crippen molar-refractivity contribution < 1.29 is 0 Å². The molecule has 0 aliphatic heterocycles. The maximum Gasteiger partial charge on any atom is 0.0532 e. The molecule has 0 spiro atoms. The van der Waals surface area contributed by atoms with Crippen LogP contribution in [0.4, 0.5) is 0 Å². The summed E-state index contributed by atoms with van der Waals surface area (Å²) in [4.78, 5) is 0. The molecule has 0 aliphatic rings. The van der Waals surface area contributed by atoms with Gasteiger partial charge in [-0.15, -0.1) is 0 Å². The van der Waals surface area contributed by atoms with Gasteiger partial charge in [0.05, 0.1) is 6.20 Å². The van der Waals surface area contributed by atoms with Gasteiger partial charge in [0.1, 0.15) is 0 Å². The minimum atomic E-state index is 0.519. The van der Waals surface area contributed by atoms with Crippen molar-refractivity contribution >= 4 is 0 Å². The Hall–Kier alpha value is -1.61. The Balaban J connectivity index is 1.69. The summed E-state index contributed by atoms with van der Waals surface area (Å²) in [6.07, 6.45) is 6.07. The first-order valence-corrected chi connectivity index (χ1v) is 6.09. The van der Waals surface area contributed by atoms with Crippen LogP contribution in [0.25, 0.3) is 0 Å². The van der Waals surface area contributed by atoms with Crippen molar-refractivity contribution in [2.24, 2.45) is 0 Å². The van der Waals surface area contributed by atoms with E-state index < -0.39 is 0 Å². The molecule has 0 bridgehead atoms. The Labute approximate surface area is 102 Å². The highest BCUT2D eigenvalue weighted by Crippen LogP contribution is 2.05. The fourth-order valence-electron chi connectivity index (χ4n) is 1.80. The standard InChI is InChI=1S/C14H19N3/c1-12(15-9-14-10-16-17-11-14)7-8-13-5-3-2-4-6-13/h2-6,10-12,15H,7-9H2,1H3,(H,16,17). The van der Waals surface area contributed by atoms with Crippen LogP contribution < -0.4 is 5.32 Å². The highest BCUT2D eigenvalue weighted by molar-refractivity contribution is 5.14. The fraction of sp³-hybridized carbons (Fsp3) is 0.357. The quantitative estimate of drug-likeness (QED) is 0.799. The summed E-state index contributed by atoms with van der Waals surface area (Å²) >= 11 is 0. The van der Waals surface area contributed by atoms with E-state index in [9.17, 15) is 0 Å². The molecule has 1 aromatic carbocycles. The van der Waals surface area contributed by atoms with Crippen molar-refractivity contribution in [3.8, 4) is 0 Å². The maximum atomic E-state index is 3.93. The van der Waals surface area contributed by atoms with E-state index in [4.69, 9.17) is 0 Å². The van der Waals surface area contributed by atoms with Gasteiger partial charge in [0.25, 0.3) is 0 Å². The average Bonchev–Trinajstić information content (AvgIpc) is 2.88. The second-order valence-corrected chi connectivity index (χ2v) is 4.41. The van der Waals surface area contributed by atoms with Crippen molar-refractivity contribution in [1.82, 2.24) is 15.5 Å². The van der Waals surface area contributed by atoms with Crippen LogP contribution in [-0.2, 0) is 13.0 Å². The van der Waals surface area contributed by atoms with E-state index in [0.29, 0.717) is 6.04 Å². The number of aryl methyl sites for hydroxylation is 1. The van der Waals surface area contributed by atoms with Crippen molar-refractivity contribution in [2.75, 3.05) is 0 Å². The van der Waals surface area contributed by atoms with Crippen molar-refractivity contribution in [3.05, 3.63) is 53.9 Å². The summed E-state index contributed by atoms with van der Waals surface area (Å²) in [7, 11) is 0. The van der Waals surface area contributed by atoms with Gasteiger partial charge in [-0.3, -0.25) is 5.10 Å². The molecule has 2 N–H and O–H groups in total. The first-order valence-electron chi connectivity index (χ1n) is 6.09. The number of aromatic amines is 1. The van der Waals surface area contributed by atoms with Crippen LogP contribution in [0.15, 0.2) is 42.7 Å². The maximum absolute atomic E-state index is 3.93. The second kappa shape index (κ2) is 6.21. The average molecular weight is 229 g/mol. The van der Waals surface area contributed by atoms with Gasteiger partial charge in [-0.05, 0) is 25.3 Å². The van der Waals surface area contributed by atoms with E-state index in [0.717, 1.165) is 19.4 Å². The predicted molar refractivity (Wildman–Crippen MR) is 69.7 cm³/mol. The van der Waals surface area contributed by atoms with Crippen LogP contribution >= 0.6 is 0 Å². The van der Waals surface area contributed by atoms with E-state index in [1.54, 1.807) is 0 Å². The summed E-state index contributed by atoms with van der Waals surface area (Å²) in [5.74, 6) is 0. The third kappa shape index (κ3) is 4.04. The Morgan fingerprint density at radius 1 is 1.24 bits per heavy atom. The number of aromatic nitrogens is 2. The Bertz CT molecular complexity index is 408. The molecule has 0 aliphatic carbocycles. The van der Waals surface area contributed by atoms with Gasteiger partial charge in [0.2, 0.25) is 0 Å². The minimum Gasteiger partial charge on any atom is -0.310 e. The molecule has 0 fully saturated rings. The van der Waals surface area contributed by atoms with Crippen LogP contribution in [0.3, 0.4) is 0 Å². The second-order valence-electron chi connectivity index (χ2n) is 4.41. The van der Waals surface area contributed by atoms with Crippen LogP contribution in [0.5, 0.6) is 0 Å². The van der Waals surface area contributed by atoms with Crippen molar-refractivity contribution in [2.45, 2.75) is 32.4 Å². The highest BCUT2D eigenvalue weighted by Gasteiger charge is 2.02. The molecular formula is C14H19N3. The summed E-state index contributed by atoms with van der Waals surface area (Å²) in [5.41, 5.74) is 2.61. The first kappa shape index (κ1) is 11.9. The van der Waals surface area contributed by atoms with Crippen LogP contribution in [-0.4, -0.2) is 16.2 Å². The molecule has 1 aromatic heterocycles. The molecule has 3 nitrogen and oxygen atoms in total. The first-order chi connectivity index (χ1) is 8.34. The lowest BCUT2D eigenvalue weighted by Crippen LogP contribution is -2.25. The molecule has 0 saturated carbocycles. The molecule has 1 unspecified atom stereocenters. The van der Waals surface area contributed by atoms with E-state index in [-0.39, 0.29) is 0 Å². The molecule has 1 heterocycles. The lowest BCUT2D eigenvalue weighted by Gasteiger charge is -2.12. The Kier molecular flexibility index (Phi) is 4.33. The number of H-pyrrole nitrogens is 1. The molecule has 1 atom stereocenters. The van der Waals surface area contributed by atoms with Gasteiger partial charge < -0.3 is 5.32 Å². The van der Waals surface area contributed by atoms with Gasteiger partial charge >= 0.3 is 0 Å². The number of rotatable bonds is 6. The molecule has 0 radical (unpaired) electrons. The molecule has 2 rings (SSSR count). The summed E-state index contributed by atoms with van der Waals surface area (Å²) in [5, 5.41) is 10.2. The number of nitrogens with one attached hydrogen (secondary N) is 2. The Morgan fingerprint density at radius 2 is 2.06 bits per heavy atom. The van der Waals surface area contributed by atoms with Crippen molar-refractivity contribution in [1.29, 1.82) is 0 Å². The third-order valence-corrected chi connectivity index (χ3v) is 2.92. The predicted octanol–water partition coefficient (Wildman–Crippen LogP) is 2.52. The van der Waals surface area contributed by atoms with Crippen LogP contribution in [0.2, 0.25) is 0 Å². The number of hydrogen-bond donors (Lipinski definition) is 2.